The van der Waals surface area contributed by atoms with Crippen LogP contribution in [0.3, 0.4) is 0 Å². The number of hydrogen-bond donors (Lipinski definition) is 1. The van der Waals surface area contributed by atoms with Crippen LogP contribution in [-0.2, 0) is 0 Å². The SMILES string of the molecule is COc1ccc(NC(=O)N2CCC[C@@H](C)C2)cc1[N+](=O)[O-]. The highest BCUT2D eigenvalue weighted by molar-refractivity contribution is 5.90. The predicted molar refractivity (Wildman–Crippen MR) is 78.6 cm³/mol. The smallest absolute Gasteiger partial charge is 0.321 e. The van der Waals surface area contributed by atoms with Crippen molar-refractivity contribution in [2.45, 2.75) is 19.8 Å². The van der Waals surface area contributed by atoms with E-state index < -0.39 is 4.92 Å². The molecule has 2 amide bonds. The van der Waals surface area contributed by atoms with Crippen LogP contribution in [0.4, 0.5) is 16.2 Å². The van der Waals surface area contributed by atoms with E-state index in [2.05, 4.69) is 12.2 Å². The summed E-state index contributed by atoms with van der Waals surface area (Å²) in [6, 6.07) is 4.16. The van der Waals surface area contributed by atoms with Crippen LogP contribution < -0.4 is 10.1 Å². The second kappa shape index (κ2) is 6.43. The summed E-state index contributed by atoms with van der Waals surface area (Å²) < 4.78 is 4.93. The number of rotatable bonds is 3. The molecular weight excluding hydrogens is 274 g/mol. The maximum absolute atomic E-state index is 12.2. The van der Waals surface area contributed by atoms with Gasteiger partial charge >= 0.3 is 11.7 Å². The first-order chi connectivity index (χ1) is 10.0. The third kappa shape index (κ3) is 3.62. The van der Waals surface area contributed by atoms with Gasteiger partial charge in [-0.2, -0.15) is 0 Å². The van der Waals surface area contributed by atoms with E-state index in [0.717, 1.165) is 12.8 Å². The number of benzene rings is 1. The number of urea groups is 1. The van der Waals surface area contributed by atoms with Crippen molar-refractivity contribution in [2.75, 3.05) is 25.5 Å². The molecule has 7 heteroatoms. The molecule has 0 aromatic heterocycles. The number of amides is 2. The minimum absolute atomic E-state index is 0.165. The Labute approximate surface area is 123 Å². The summed E-state index contributed by atoms with van der Waals surface area (Å²) >= 11 is 0. The molecule has 114 valence electrons. The molecule has 1 saturated heterocycles. The molecule has 1 aliphatic rings. The molecule has 0 spiro atoms. The third-order valence-corrected chi connectivity index (χ3v) is 3.57. The molecule has 1 aromatic rings. The first kappa shape index (κ1) is 15.1. The zero-order valence-electron chi connectivity index (χ0n) is 12.2. The van der Waals surface area contributed by atoms with Crippen LogP contribution in [0.2, 0.25) is 0 Å². The van der Waals surface area contributed by atoms with Crippen molar-refractivity contribution >= 4 is 17.4 Å². The van der Waals surface area contributed by atoms with Crippen molar-refractivity contribution in [1.29, 1.82) is 0 Å². The first-order valence-electron chi connectivity index (χ1n) is 6.89. The Morgan fingerprint density at radius 2 is 2.29 bits per heavy atom. The molecule has 2 rings (SSSR count). The Morgan fingerprint density at radius 1 is 1.52 bits per heavy atom. The second-order valence-electron chi connectivity index (χ2n) is 5.27. The van der Waals surface area contributed by atoms with Gasteiger partial charge in [-0.05, 0) is 30.9 Å². The highest BCUT2D eigenvalue weighted by Gasteiger charge is 2.22. The molecule has 1 aromatic carbocycles. The summed E-state index contributed by atoms with van der Waals surface area (Å²) in [7, 11) is 1.37. The topological polar surface area (TPSA) is 84.7 Å². The molecule has 1 aliphatic heterocycles. The van der Waals surface area contributed by atoms with Crippen LogP contribution in [0.1, 0.15) is 19.8 Å². The summed E-state index contributed by atoms with van der Waals surface area (Å²) in [5.74, 6) is 0.652. The van der Waals surface area contributed by atoms with Gasteiger partial charge in [0.25, 0.3) is 0 Å². The number of nitrogens with zero attached hydrogens (tertiary/aromatic N) is 2. The van der Waals surface area contributed by atoms with Crippen molar-refractivity contribution in [2.24, 2.45) is 5.92 Å². The van der Waals surface area contributed by atoms with Crippen LogP contribution in [0, 0.1) is 16.0 Å². The van der Waals surface area contributed by atoms with Crippen molar-refractivity contribution in [3.05, 3.63) is 28.3 Å². The van der Waals surface area contributed by atoms with Gasteiger partial charge in [-0.15, -0.1) is 0 Å². The number of carbonyl (C=O) groups is 1. The van der Waals surface area contributed by atoms with Gasteiger partial charge in [-0.3, -0.25) is 10.1 Å². The number of methoxy groups -OCH3 is 1. The Morgan fingerprint density at radius 3 is 2.90 bits per heavy atom. The molecule has 0 unspecified atom stereocenters. The maximum atomic E-state index is 12.2. The van der Waals surface area contributed by atoms with Crippen molar-refractivity contribution in [1.82, 2.24) is 4.90 Å². The summed E-state index contributed by atoms with van der Waals surface area (Å²) in [4.78, 5) is 24.3. The van der Waals surface area contributed by atoms with E-state index in [1.165, 1.54) is 19.2 Å². The van der Waals surface area contributed by atoms with Gasteiger partial charge in [0.05, 0.1) is 12.0 Å². The van der Waals surface area contributed by atoms with Gasteiger partial charge in [-0.1, -0.05) is 6.92 Å². The van der Waals surface area contributed by atoms with Crippen molar-refractivity contribution in [3.63, 3.8) is 0 Å². The van der Waals surface area contributed by atoms with E-state index in [9.17, 15) is 14.9 Å². The number of carbonyl (C=O) groups excluding carboxylic acids is 1. The van der Waals surface area contributed by atoms with E-state index in [4.69, 9.17) is 4.74 Å². The standard InChI is InChI=1S/C14H19N3O4/c1-10-4-3-7-16(9-10)14(18)15-11-5-6-13(21-2)12(8-11)17(19)20/h5-6,8,10H,3-4,7,9H2,1-2H3,(H,15,18)/t10-/m1/s1. The summed E-state index contributed by atoms with van der Waals surface area (Å²) in [5.41, 5.74) is 0.230. The molecule has 0 bridgehead atoms. The van der Waals surface area contributed by atoms with Gasteiger partial charge in [0.2, 0.25) is 0 Å². The van der Waals surface area contributed by atoms with Crippen LogP contribution in [0.15, 0.2) is 18.2 Å². The van der Waals surface area contributed by atoms with Gasteiger partial charge in [-0.25, -0.2) is 4.79 Å². The fraction of sp³-hybridized carbons (Fsp3) is 0.500. The third-order valence-electron chi connectivity index (χ3n) is 3.57. The van der Waals surface area contributed by atoms with E-state index >= 15 is 0 Å². The van der Waals surface area contributed by atoms with Gasteiger partial charge in [0, 0.05) is 24.8 Å². The summed E-state index contributed by atoms with van der Waals surface area (Å²) in [6.45, 7) is 3.54. The number of piperidine rings is 1. The first-order valence-corrected chi connectivity index (χ1v) is 6.89. The molecule has 1 heterocycles. The van der Waals surface area contributed by atoms with Crippen LogP contribution in [0.5, 0.6) is 5.75 Å². The number of likely N-dealkylation sites (tertiary alicyclic amines) is 1. The summed E-state index contributed by atoms with van der Waals surface area (Å²) in [6.07, 6.45) is 2.11. The Balaban J connectivity index is 2.10. The lowest BCUT2D eigenvalue weighted by molar-refractivity contribution is -0.385. The van der Waals surface area contributed by atoms with Crippen LogP contribution >= 0.6 is 0 Å². The van der Waals surface area contributed by atoms with E-state index in [-0.39, 0.29) is 17.5 Å². The lowest BCUT2D eigenvalue weighted by Crippen LogP contribution is -2.41. The zero-order chi connectivity index (χ0) is 15.4. The molecular formula is C14H19N3O4. The molecule has 21 heavy (non-hydrogen) atoms. The number of anilines is 1. The minimum Gasteiger partial charge on any atom is -0.490 e. The van der Waals surface area contributed by atoms with Gasteiger partial charge < -0.3 is 15.0 Å². The van der Waals surface area contributed by atoms with Crippen molar-refractivity contribution < 1.29 is 14.5 Å². The van der Waals surface area contributed by atoms with E-state index in [1.807, 2.05) is 0 Å². The maximum Gasteiger partial charge on any atom is 0.321 e. The second-order valence-corrected chi connectivity index (χ2v) is 5.27. The Hall–Kier alpha value is -2.31. The normalized spacial score (nSPS) is 18.2. The number of nitrogens with one attached hydrogen (secondary N) is 1. The average Bonchev–Trinajstić information content (AvgIpc) is 2.47. The largest absolute Gasteiger partial charge is 0.490 e. The molecule has 1 N–H and O–H groups in total. The molecule has 0 aliphatic carbocycles. The lowest BCUT2D eigenvalue weighted by Gasteiger charge is -2.30. The molecule has 1 atom stereocenters. The fourth-order valence-electron chi connectivity index (χ4n) is 2.49. The lowest BCUT2D eigenvalue weighted by atomic mass is 10.0. The minimum atomic E-state index is -0.530. The quantitative estimate of drug-likeness (QED) is 0.686. The summed E-state index contributed by atoms with van der Waals surface area (Å²) in [5, 5.41) is 13.7. The zero-order valence-corrected chi connectivity index (χ0v) is 12.2. The Bertz CT molecular complexity index is 547. The number of ether oxygens (including phenoxy) is 1. The molecule has 1 fully saturated rings. The molecule has 7 nitrogen and oxygen atoms in total. The molecule has 0 radical (unpaired) electrons. The highest BCUT2D eigenvalue weighted by atomic mass is 16.6. The van der Waals surface area contributed by atoms with Crippen LogP contribution in [-0.4, -0.2) is 36.1 Å². The van der Waals surface area contributed by atoms with Gasteiger partial charge in [0.15, 0.2) is 5.75 Å². The highest BCUT2D eigenvalue weighted by Crippen LogP contribution is 2.29. The van der Waals surface area contributed by atoms with Crippen LogP contribution in [0.25, 0.3) is 0 Å². The number of nitro benzene ring substituents is 1. The average molecular weight is 293 g/mol. The number of nitro groups is 1. The fourth-order valence-corrected chi connectivity index (χ4v) is 2.49. The van der Waals surface area contributed by atoms with Gasteiger partial charge in [0.1, 0.15) is 0 Å². The number of hydrogen-bond acceptors (Lipinski definition) is 4. The monoisotopic (exact) mass is 293 g/mol. The van der Waals surface area contributed by atoms with E-state index in [0.29, 0.717) is 24.7 Å². The Kier molecular flexibility index (Phi) is 4.62. The predicted octanol–water partition coefficient (Wildman–Crippen LogP) is 2.87. The van der Waals surface area contributed by atoms with Crippen molar-refractivity contribution in [3.8, 4) is 5.75 Å². The van der Waals surface area contributed by atoms with E-state index in [1.54, 1.807) is 11.0 Å². The molecule has 0 saturated carbocycles.